The van der Waals surface area contributed by atoms with Crippen molar-refractivity contribution >= 4 is 22.6 Å². The average molecular weight is 398 g/mol. The number of carboxylic acids is 1. The van der Waals surface area contributed by atoms with Crippen LogP contribution in [0.2, 0.25) is 0 Å². The lowest BCUT2D eigenvalue weighted by Crippen LogP contribution is -2.47. The summed E-state index contributed by atoms with van der Waals surface area (Å²) in [4.78, 5) is 26.1. The molecule has 2 atom stereocenters. The number of benzene rings is 1. The summed E-state index contributed by atoms with van der Waals surface area (Å²) in [5.41, 5.74) is -0.534. The van der Waals surface area contributed by atoms with Crippen LogP contribution in [-0.4, -0.2) is 54.0 Å². The summed E-state index contributed by atoms with van der Waals surface area (Å²) in [6.45, 7) is 2.23. The lowest BCUT2D eigenvalue weighted by molar-refractivity contribution is 0.0212. The van der Waals surface area contributed by atoms with Gasteiger partial charge in [-0.25, -0.2) is 9.18 Å². The number of carboxylic acid groups (broad SMARTS) is 1. The van der Waals surface area contributed by atoms with Crippen LogP contribution in [-0.2, 0) is 4.74 Å². The molecule has 1 aromatic heterocycles. The van der Waals surface area contributed by atoms with Gasteiger partial charge < -0.3 is 24.6 Å². The highest BCUT2D eigenvalue weighted by Gasteiger charge is 2.38. The molecule has 0 amide bonds. The molecule has 1 aromatic carbocycles. The molecule has 2 saturated heterocycles. The number of hydrogen-bond donors (Lipinski definition) is 2. The van der Waals surface area contributed by atoms with E-state index in [2.05, 4.69) is 11.4 Å². The van der Waals surface area contributed by atoms with Crippen LogP contribution in [0.15, 0.2) is 16.9 Å². The van der Waals surface area contributed by atoms with Crippen molar-refractivity contribution in [3.05, 3.63) is 39.4 Å². The molecule has 1 saturated carbocycles. The maximum Gasteiger partial charge on any atom is 0.341 e. The molecule has 5 rings (SSSR count). The number of halogens is 1. The van der Waals surface area contributed by atoms with Crippen LogP contribution in [0.3, 0.4) is 0 Å². The average Bonchev–Trinajstić information content (AvgIpc) is 3.44. The molecule has 3 fully saturated rings. The molecule has 0 radical (unpaired) electrons. The van der Waals surface area contributed by atoms with Gasteiger partial charge in [-0.1, -0.05) is 0 Å². The number of carbonyl (C=O) groups is 1. The van der Waals surface area contributed by atoms with Crippen LogP contribution in [0.5, 0.6) is 0 Å². The first-order valence-corrected chi connectivity index (χ1v) is 9.64. The predicted octanol–water partition coefficient (Wildman–Crippen LogP) is 1.22. The molecule has 9 heteroatoms. The van der Waals surface area contributed by atoms with Gasteiger partial charge in [0.15, 0.2) is 0 Å². The lowest BCUT2D eigenvalue weighted by Gasteiger charge is -2.25. The fourth-order valence-corrected chi connectivity index (χ4v) is 4.49. The molecule has 3 heterocycles. The number of fused-ring (bicyclic) bond motifs is 2. The summed E-state index contributed by atoms with van der Waals surface area (Å²) in [6, 6.07) is 4.36. The maximum absolute atomic E-state index is 15.2. The first kappa shape index (κ1) is 18.1. The molecule has 29 heavy (non-hydrogen) atoms. The Balaban J connectivity index is 1.74. The second kappa shape index (κ2) is 6.54. The third kappa shape index (κ3) is 2.79. The molecule has 2 aromatic rings. The van der Waals surface area contributed by atoms with E-state index < -0.39 is 22.9 Å². The van der Waals surface area contributed by atoms with Crippen molar-refractivity contribution in [1.82, 2.24) is 9.88 Å². The van der Waals surface area contributed by atoms with E-state index in [0.29, 0.717) is 25.2 Å². The summed E-state index contributed by atoms with van der Waals surface area (Å²) in [5, 5.41) is 22.9. The van der Waals surface area contributed by atoms with Crippen LogP contribution in [0.4, 0.5) is 10.1 Å². The normalized spacial score (nSPS) is 23.8. The number of hydrogen-bond acceptors (Lipinski definition) is 6. The highest BCUT2D eigenvalue weighted by molar-refractivity contribution is 5.96. The topological polar surface area (TPSA) is 108 Å². The van der Waals surface area contributed by atoms with E-state index in [1.807, 2.05) is 0 Å². The fraction of sp³-hybridized carbons (Fsp3) is 0.450. The molecule has 3 aliphatic rings. The minimum atomic E-state index is -1.36. The third-order valence-electron chi connectivity index (χ3n) is 5.92. The molecule has 1 aliphatic carbocycles. The highest BCUT2D eigenvalue weighted by atomic mass is 19.1. The van der Waals surface area contributed by atoms with Crippen molar-refractivity contribution in [3.8, 4) is 6.07 Å². The third-order valence-corrected chi connectivity index (χ3v) is 5.92. The summed E-state index contributed by atoms with van der Waals surface area (Å²) < 4.78 is 22.3. The summed E-state index contributed by atoms with van der Waals surface area (Å²) in [7, 11) is 0. The number of nitrogens with one attached hydrogen (secondary N) is 1. The number of anilines is 1. The number of pyridine rings is 1. The molecule has 150 valence electrons. The zero-order valence-corrected chi connectivity index (χ0v) is 15.5. The zero-order chi connectivity index (χ0) is 20.3. The van der Waals surface area contributed by atoms with E-state index in [1.54, 1.807) is 4.90 Å². The van der Waals surface area contributed by atoms with E-state index in [0.717, 1.165) is 19.4 Å². The quantitative estimate of drug-likeness (QED) is 0.800. The van der Waals surface area contributed by atoms with Gasteiger partial charge in [0.1, 0.15) is 23.0 Å². The molecular weight excluding hydrogens is 379 g/mol. The summed E-state index contributed by atoms with van der Waals surface area (Å²) in [6.07, 6.45) is 1.35. The van der Waals surface area contributed by atoms with Gasteiger partial charge in [-0.15, -0.1) is 0 Å². The van der Waals surface area contributed by atoms with Crippen molar-refractivity contribution in [3.63, 3.8) is 0 Å². The van der Waals surface area contributed by atoms with Gasteiger partial charge in [0.05, 0.1) is 30.0 Å². The lowest BCUT2D eigenvalue weighted by atomic mass is 10.0. The summed E-state index contributed by atoms with van der Waals surface area (Å²) >= 11 is 0. The summed E-state index contributed by atoms with van der Waals surface area (Å²) in [5.74, 6) is -1.97. The van der Waals surface area contributed by atoms with Gasteiger partial charge in [0.2, 0.25) is 0 Å². The number of nitrogens with zero attached hydrogens (tertiary/aromatic N) is 3. The largest absolute Gasteiger partial charge is 0.477 e. The number of ether oxygens (including phenoxy) is 1. The van der Waals surface area contributed by atoms with Crippen molar-refractivity contribution in [2.45, 2.75) is 31.0 Å². The Morgan fingerprint density at radius 3 is 2.79 bits per heavy atom. The molecular formula is C20H19FN4O4. The van der Waals surface area contributed by atoms with Gasteiger partial charge in [-0.05, 0) is 25.0 Å². The van der Waals surface area contributed by atoms with Gasteiger partial charge in [-0.2, -0.15) is 5.26 Å². The first-order valence-electron chi connectivity index (χ1n) is 9.64. The van der Waals surface area contributed by atoms with Crippen molar-refractivity contribution in [2.75, 3.05) is 31.1 Å². The molecule has 0 bridgehead atoms. The Labute approximate surface area is 165 Å². The number of nitriles is 1. The van der Waals surface area contributed by atoms with Crippen LogP contribution < -0.4 is 15.8 Å². The van der Waals surface area contributed by atoms with Gasteiger partial charge in [-0.3, -0.25) is 4.79 Å². The van der Waals surface area contributed by atoms with E-state index in [9.17, 15) is 20.0 Å². The van der Waals surface area contributed by atoms with Crippen LogP contribution in [0, 0.1) is 17.1 Å². The van der Waals surface area contributed by atoms with Crippen molar-refractivity contribution in [1.29, 1.82) is 5.26 Å². The van der Waals surface area contributed by atoms with Crippen LogP contribution >= 0.6 is 0 Å². The maximum atomic E-state index is 15.2. The second-order valence-electron chi connectivity index (χ2n) is 7.78. The zero-order valence-electron chi connectivity index (χ0n) is 15.5. The minimum absolute atomic E-state index is 0.0467. The number of aromatic nitrogens is 1. The Morgan fingerprint density at radius 1 is 1.34 bits per heavy atom. The van der Waals surface area contributed by atoms with Gasteiger partial charge in [0.25, 0.3) is 5.56 Å². The smallest absolute Gasteiger partial charge is 0.341 e. The van der Waals surface area contributed by atoms with Gasteiger partial charge in [0, 0.05) is 31.1 Å². The van der Waals surface area contributed by atoms with Crippen LogP contribution in [0.1, 0.15) is 34.8 Å². The number of rotatable bonds is 3. The Bertz CT molecular complexity index is 1120. The number of aromatic carboxylic acids is 1. The van der Waals surface area contributed by atoms with E-state index >= 15 is 4.39 Å². The minimum Gasteiger partial charge on any atom is -0.477 e. The molecule has 2 N–H and O–H groups in total. The second-order valence-corrected chi connectivity index (χ2v) is 7.78. The predicted molar refractivity (Wildman–Crippen MR) is 102 cm³/mol. The fourth-order valence-electron chi connectivity index (χ4n) is 4.49. The van der Waals surface area contributed by atoms with Gasteiger partial charge >= 0.3 is 5.97 Å². The Hall–Kier alpha value is -2.96. The SMILES string of the molecule is N#Cc1c(N2CC3NCCOC3C2)c(F)cc2cc(C(=O)O)c(=O)n(C3CC3)c12. The molecule has 8 nitrogen and oxygen atoms in total. The molecule has 2 aliphatic heterocycles. The first-order chi connectivity index (χ1) is 14.0. The number of morpholine rings is 1. The standard InChI is InChI=1S/C20H19FN4O4/c21-14-6-10-5-12(20(27)28)19(26)25(11-1-2-11)17(10)13(7-22)18(14)24-8-15-16(9-24)29-4-3-23-15/h5-6,11,15-16,23H,1-4,8-9H2,(H,27,28). The van der Waals surface area contributed by atoms with Crippen LogP contribution in [0.25, 0.3) is 10.9 Å². The monoisotopic (exact) mass is 398 g/mol. The molecule has 0 spiro atoms. The van der Waals surface area contributed by atoms with E-state index in [1.165, 1.54) is 16.7 Å². The van der Waals surface area contributed by atoms with Crippen molar-refractivity contribution < 1.29 is 19.0 Å². The van der Waals surface area contributed by atoms with Crippen molar-refractivity contribution in [2.24, 2.45) is 0 Å². The van der Waals surface area contributed by atoms with E-state index in [-0.39, 0.29) is 34.8 Å². The highest BCUT2D eigenvalue weighted by Crippen LogP contribution is 2.40. The van der Waals surface area contributed by atoms with E-state index in [4.69, 9.17) is 4.74 Å². The Kier molecular flexibility index (Phi) is 4.08. The Morgan fingerprint density at radius 2 is 2.14 bits per heavy atom. The molecule has 2 unspecified atom stereocenters.